The van der Waals surface area contributed by atoms with E-state index in [1.54, 1.807) is 24.3 Å². The monoisotopic (exact) mass is 433 g/mol. The molecule has 7 heteroatoms. The first kappa shape index (κ1) is 20.9. The van der Waals surface area contributed by atoms with Gasteiger partial charge in [0.2, 0.25) is 5.91 Å². The van der Waals surface area contributed by atoms with Crippen LogP contribution in [0.2, 0.25) is 0 Å². The van der Waals surface area contributed by atoms with Crippen LogP contribution >= 0.6 is 11.3 Å². The van der Waals surface area contributed by atoms with E-state index in [2.05, 4.69) is 10.3 Å². The Morgan fingerprint density at radius 2 is 1.65 bits per heavy atom. The summed E-state index contributed by atoms with van der Waals surface area (Å²) in [7, 11) is 0. The van der Waals surface area contributed by atoms with Crippen LogP contribution in [0.15, 0.2) is 53.9 Å². The summed E-state index contributed by atoms with van der Waals surface area (Å²) in [5, 5.41) is 5.13. The van der Waals surface area contributed by atoms with Gasteiger partial charge in [-0.2, -0.15) is 0 Å². The molecule has 3 aromatic rings. The second-order valence-electron chi connectivity index (χ2n) is 8.06. The molecule has 1 N–H and O–H groups in total. The van der Waals surface area contributed by atoms with Crippen LogP contribution in [0.1, 0.15) is 46.5 Å². The van der Waals surface area contributed by atoms with Gasteiger partial charge in [0.25, 0.3) is 11.8 Å². The molecule has 158 valence electrons. The van der Waals surface area contributed by atoms with Crippen LogP contribution in [-0.2, 0) is 4.79 Å². The average Bonchev–Trinajstić information content (AvgIpc) is 3.30. The first-order valence-corrected chi connectivity index (χ1v) is 11.0. The van der Waals surface area contributed by atoms with Gasteiger partial charge in [0.05, 0.1) is 16.8 Å². The number of carbonyl (C=O) groups is 3. The van der Waals surface area contributed by atoms with E-state index in [9.17, 15) is 14.4 Å². The van der Waals surface area contributed by atoms with Crippen molar-refractivity contribution in [3.63, 3.8) is 0 Å². The van der Waals surface area contributed by atoms with E-state index in [4.69, 9.17) is 0 Å². The molecule has 0 bridgehead atoms. The van der Waals surface area contributed by atoms with Crippen LogP contribution in [-0.4, -0.2) is 33.6 Å². The number of carbonyl (C=O) groups excluding carboxylic acids is 3. The summed E-state index contributed by atoms with van der Waals surface area (Å²) in [5.41, 5.74) is 3.56. The predicted molar refractivity (Wildman–Crippen MR) is 121 cm³/mol. The van der Waals surface area contributed by atoms with Crippen molar-refractivity contribution >= 4 is 34.2 Å². The van der Waals surface area contributed by atoms with Gasteiger partial charge in [-0.1, -0.05) is 55.8 Å². The first-order chi connectivity index (χ1) is 14.8. The van der Waals surface area contributed by atoms with Gasteiger partial charge in [-0.3, -0.25) is 19.3 Å². The lowest BCUT2D eigenvalue weighted by Gasteiger charge is -2.26. The minimum Gasteiger partial charge on any atom is -0.300 e. The Morgan fingerprint density at radius 3 is 2.23 bits per heavy atom. The van der Waals surface area contributed by atoms with Gasteiger partial charge < -0.3 is 5.32 Å². The Kier molecular flexibility index (Phi) is 5.69. The Bertz CT molecular complexity index is 1120. The molecule has 1 aliphatic heterocycles. The van der Waals surface area contributed by atoms with Crippen LogP contribution in [0.5, 0.6) is 0 Å². The molecular weight excluding hydrogens is 410 g/mol. The van der Waals surface area contributed by atoms with Crippen molar-refractivity contribution in [2.45, 2.75) is 33.2 Å². The number of amides is 3. The first-order valence-electron chi connectivity index (χ1n) is 10.2. The highest BCUT2D eigenvalue weighted by Gasteiger charge is 2.42. The quantitative estimate of drug-likeness (QED) is 0.568. The summed E-state index contributed by atoms with van der Waals surface area (Å²) < 4.78 is 0. The molecule has 0 saturated heterocycles. The molecule has 3 amide bonds. The van der Waals surface area contributed by atoms with Gasteiger partial charge >= 0.3 is 0 Å². The number of benzene rings is 2. The third-order valence-electron chi connectivity index (χ3n) is 5.22. The molecule has 1 aromatic heterocycles. The topological polar surface area (TPSA) is 79.4 Å². The fraction of sp³-hybridized carbons (Fsp3) is 0.250. The summed E-state index contributed by atoms with van der Waals surface area (Å²) in [6.07, 6.45) is 0.369. The smallest absolute Gasteiger partial charge is 0.262 e. The molecule has 0 spiro atoms. The minimum absolute atomic E-state index is 0.111. The number of hydrogen-bond donors (Lipinski definition) is 1. The molecule has 2 heterocycles. The number of nitrogens with one attached hydrogen (secondary N) is 1. The molecular formula is C24H23N3O3S. The summed E-state index contributed by atoms with van der Waals surface area (Å²) in [6, 6.07) is 13.7. The number of nitrogens with zero attached hydrogens (tertiary/aromatic N) is 2. The highest BCUT2D eigenvalue weighted by molar-refractivity contribution is 7.14. The van der Waals surface area contributed by atoms with Crippen LogP contribution in [0.25, 0.3) is 11.3 Å². The zero-order chi connectivity index (χ0) is 22.1. The molecule has 0 saturated carbocycles. The summed E-state index contributed by atoms with van der Waals surface area (Å²) >= 11 is 1.31. The van der Waals surface area contributed by atoms with Crippen LogP contribution in [0.4, 0.5) is 5.13 Å². The minimum atomic E-state index is -0.904. The van der Waals surface area contributed by atoms with Crippen LogP contribution < -0.4 is 5.32 Å². The largest absolute Gasteiger partial charge is 0.300 e. The molecule has 0 radical (unpaired) electrons. The van der Waals surface area contributed by atoms with Crippen molar-refractivity contribution in [2.24, 2.45) is 5.92 Å². The van der Waals surface area contributed by atoms with Crippen molar-refractivity contribution in [2.75, 3.05) is 5.32 Å². The maximum atomic E-state index is 13.2. The van der Waals surface area contributed by atoms with E-state index < -0.39 is 23.8 Å². The Balaban J connectivity index is 1.57. The summed E-state index contributed by atoms with van der Waals surface area (Å²) in [4.78, 5) is 44.6. The molecule has 1 aliphatic rings. The van der Waals surface area contributed by atoms with E-state index >= 15 is 0 Å². The van der Waals surface area contributed by atoms with Crippen molar-refractivity contribution in [3.05, 3.63) is 70.6 Å². The van der Waals surface area contributed by atoms with Gasteiger partial charge in [0, 0.05) is 10.9 Å². The number of rotatable bonds is 6. The van der Waals surface area contributed by atoms with Gasteiger partial charge in [-0.15, -0.1) is 11.3 Å². The van der Waals surface area contributed by atoms with E-state index in [1.807, 2.05) is 50.4 Å². The maximum absolute atomic E-state index is 13.2. The lowest BCUT2D eigenvalue weighted by molar-refractivity contribution is -0.120. The Morgan fingerprint density at radius 1 is 1.03 bits per heavy atom. The lowest BCUT2D eigenvalue weighted by atomic mass is 10.0. The molecule has 2 aromatic carbocycles. The number of hydrogen-bond acceptors (Lipinski definition) is 5. The highest BCUT2D eigenvalue weighted by atomic mass is 32.1. The third-order valence-corrected chi connectivity index (χ3v) is 5.97. The Hall–Kier alpha value is -3.32. The van der Waals surface area contributed by atoms with Crippen LogP contribution in [0, 0.1) is 12.8 Å². The number of imide groups is 1. The molecule has 0 fully saturated rings. The maximum Gasteiger partial charge on any atom is 0.262 e. The SMILES string of the molecule is Cc1ccc(-c2csc(NC(=O)C(CC(C)C)N3C(=O)c4ccccc4C3=O)n2)cc1. The van der Waals surface area contributed by atoms with Crippen molar-refractivity contribution < 1.29 is 14.4 Å². The van der Waals surface area contributed by atoms with Crippen LogP contribution in [0.3, 0.4) is 0 Å². The molecule has 1 unspecified atom stereocenters. The number of anilines is 1. The number of thiazole rings is 1. The predicted octanol–water partition coefficient (Wildman–Crippen LogP) is 4.77. The third kappa shape index (κ3) is 4.14. The second-order valence-corrected chi connectivity index (χ2v) is 8.92. The number of aryl methyl sites for hydroxylation is 1. The molecule has 4 rings (SSSR count). The van der Waals surface area contributed by atoms with E-state index in [0.717, 1.165) is 21.7 Å². The van der Waals surface area contributed by atoms with Crippen molar-refractivity contribution in [1.29, 1.82) is 0 Å². The van der Waals surface area contributed by atoms with Gasteiger partial charge in [0.15, 0.2) is 5.13 Å². The number of aromatic nitrogens is 1. The fourth-order valence-electron chi connectivity index (χ4n) is 3.64. The average molecular weight is 434 g/mol. The highest BCUT2D eigenvalue weighted by Crippen LogP contribution is 2.29. The summed E-state index contributed by atoms with van der Waals surface area (Å²) in [5.74, 6) is -1.16. The molecule has 31 heavy (non-hydrogen) atoms. The zero-order valence-electron chi connectivity index (χ0n) is 17.6. The molecule has 0 aliphatic carbocycles. The number of fused-ring (bicyclic) bond motifs is 1. The standard InChI is InChI=1S/C24H23N3O3S/c1-14(2)12-20(27-22(29)17-6-4-5-7-18(17)23(27)30)21(28)26-24-25-19(13-31-24)16-10-8-15(3)9-11-16/h4-11,13-14,20H,12H2,1-3H3,(H,25,26,28). The van der Waals surface area contributed by atoms with E-state index in [0.29, 0.717) is 22.7 Å². The normalized spacial score (nSPS) is 14.1. The van der Waals surface area contributed by atoms with Gasteiger partial charge in [0.1, 0.15) is 6.04 Å². The molecule has 1 atom stereocenters. The van der Waals surface area contributed by atoms with E-state index in [1.165, 1.54) is 11.3 Å². The van der Waals surface area contributed by atoms with Crippen molar-refractivity contribution in [1.82, 2.24) is 9.88 Å². The molecule has 6 nitrogen and oxygen atoms in total. The van der Waals surface area contributed by atoms with Gasteiger partial charge in [-0.25, -0.2) is 4.98 Å². The summed E-state index contributed by atoms with van der Waals surface area (Å²) in [6.45, 7) is 5.93. The zero-order valence-corrected chi connectivity index (χ0v) is 18.4. The lowest BCUT2D eigenvalue weighted by Crippen LogP contribution is -2.47. The van der Waals surface area contributed by atoms with Crippen molar-refractivity contribution in [3.8, 4) is 11.3 Å². The van der Waals surface area contributed by atoms with E-state index in [-0.39, 0.29) is 5.92 Å². The second kappa shape index (κ2) is 8.43. The Labute approximate surface area is 184 Å². The van der Waals surface area contributed by atoms with Gasteiger partial charge in [-0.05, 0) is 31.4 Å². The fourth-order valence-corrected chi connectivity index (χ4v) is 4.37.